The zero-order valence-corrected chi connectivity index (χ0v) is 11.2. The number of amides is 3. The number of carbonyl (C=O) groups is 2. The highest BCUT2D eigenvalue weighted by atomic mass is 32.1. The molecule has 3 amide bonds. The second kappa shape index (κ2) is 4.78. The Bertz CT molecular complexity index is 517. The number of nitrogens with two attached hydrogens (primary N) is 1. The molecule has 7 nitrogen and oxygen atoms in total. The number of fused-ring (bicyclic) bond motifs is 1. The number of nitrogens with one attached hydrogen (secondary N) is 1. The summed E-state index contributed by atoms with van der Waals surface area (Å²) in [5, 5.41) is 5.30. The first-order valence-electron chi connectivity index (χ1n) is 6.17. The highest BCUT2D eigenvalue weighted by Gasteiger charge is 2.37. The van der Waals surface area contributed by atoms with Gasteiger partial charge in [0.2, 0.25) is 0 Å². The van der Waals surface area contributed by atoms with Gasteiger partial charge in [0.15, 0.2) is 0 Å². The van der Waals surface area contributed by atoms with Gasteiger partial charge in [-0.1, -0.05) is 0 Å². The van der Waals surface area contributed by atoms with Crippen LogP contribution in [0.2, 0.25) is 0 Å². The molecule has 0 radical (unpaired) electrons. The molecule has 0 saturated carbocycles. The Balaban J connectivity index is 1.70. The first kappa shape index (κ1) is 12.4. The lowest BCUT2D eigenvalue weighted by Crippen LogP contribution is -2.53. The van der Waals surface area contributed by atoms with Gasteiger partial charge in [0.25, 0.3) is 5.91 Å². The van der Waals surface area contributed by atoms with E-state index >= 15 is 0 Å². The molecule has 0 aliphatic carbocycles. The molecule has 0 spiro atoms. The zero-order valence-electron chi connectivity index (χ0n) is 10.3. The van der Waals surface area contributed by atoms with Gasteiger partial charge in [0, 0.05) is 38.1 Å². The summed E-state index contributed by atoms with van der Waals surface area (Å²) in [5.74, 6) is -0.0741. The van der Waals surface area contributed by atoms with Crippen LogP contribution in [0.15, 0.2) is 5.38 Å². The van der Waals surface area contributed by atoms with E-state index in [-0.39, 0.29) is 18.0 Å². The lowest BCUT2D eigenvalue weighted by molar-refractivity contribution is 0.0612. The highest BCUT2D eigenvalue weighted by molar-refractivity contribution is 7.09. The molecule has 8 heteroatoms. The lowest BCUT2D eigenvalue weighted by atomic mass is 10.2. The van der Waals surface area contributed by atoms with Crippen molar-refractivity contribution in [1.82, 2.24) is 20.1 Å². The van der Waals surface area contributed by atoms with Crippen LogP contribution in [-0.2, 0) is 6.54 Å². The van der Waals surface area contributed by atoms with E-state index in [4.69, 9.17) is 5.73 Å². The molecule has 102 valence electrons. The van der Waals surface area contributed by atoms with Crippen molar-refractivity contribution in [2.24, 2.45) is 5.73 Å². The molecule has 2 aliphatic heterocycles. The predicted molar refractivity (Wildman–Crippen MR) is 69.8 cm³/mol. The van der Waals surface area contributed by atoms with E-state index in [1.165, 1.54) is 11.3 Å². The van der Waals surface area contributed by atoms with E-state index in [1.54, 1.807) is 15.2 Å². The number of hydrogen-bond donors (Lipinski definition) is 2. The number of nitrogens with zero attached hydrogens (tertiary/aromatic N) is 3. The second-order valence-electron chi connectivity index (χ2n) is 4.62. The Morgan fingerprint density at radius 1 is 1.58 bits per heavy atom. The standard InChI is InChI=1S/C11H15N5O2S/c12-3-9-14-8(6-19-9)10(17)15-1-2-16-7(5-15)4-13-11(16)18/h6-7H,1-5,12H2,(H,13,18). The van der Waals surface area contributed by atoms with Crippen LogP contribution >= 0.6 is 11.3 Å². The maximum Gasteiger partial charge on any atom is 0.317 e. The summed E-state index contributed by atoms with van der Waals surface area (Å²) >= 11 is 1.40. The van der Waals surface area contributed by atoms with E-state index in [9.17, 15) is 9.59 Å². The first-order valence-corrected chi connectivity index (χ1v) is 7.05. The molecule has 3 rings (SSSR count). The summed E-state index contributed by atoms with van der Waals surface area (Å²) in [6.07, 6.45) is 0. The second-order valence-corrected chi connectivity index (χ2v) is 5.56. The maximum atomic E-state index is 12.3. The Morgan fingerprint density at radius 2 is 2.42 bits per heavy atom. The Kier molecular flexibility index (Phi) is 3.11. The summed E-state index contributed by atoms with van der Waals surface area (Å²) in [4.78, 5) is 31.5. The molecular weight excluding hydrogens is 266 g/mol. The van der Waals surface area contributed by atoms with Crippen molar-refractivity contribution >= 4 is 23.3 Å². The minimum absolute atomic E-state index is 0.0313. The topological polar surface area (TPSA) is 91.6 Å². The average molecular weight is 281 g/mol. The fraction of sp³-hybridized carbons (Fsp3) is 0.545. The molecule has 0 aromatic carbocycles. The number of urea groups is 1. The molecule has 19 heavy (non-hydrogen) atoms. The number of carbonyl (C=O) groups excluding carboxylic acids is 2. The smallest absolute Gasteiger partial charge is 0.317 e. The third kappa shape index (κ3) is 2.17. The Hall–Kier alpha value is -1.67. The summed E-state index contributed by atoms with van der Waals surface area (Å²) in [5.41, 5.74) is 5.95. The largest absolute Gasteiger partial charge is 0.336 e. The van der Waals surface area contributed by atoms with Crippen molar-refractivity contribution in [2.45, 2.75) is 12.6 Å². The van der Waals surface area contributed by atoms with Crippen LogP contribution in [0.25, 0.3) is 0 Å². The van der Waals surface area contributed by atoms with Crippen molar-refractivity contribution in [3.8, 4) is 0 Å². The van der Waals surface area contributed by atoms with Gasteiger partial charge < -0.3 is 20.9 Å². The third-order valence-corrected chi connectivity index (χ3v) is 4.34. The monoisotopic (exact) mass is 281 g/mol. The summed E-state index contributed by atoms with van der Waals surface area (Å²) in [6.45, 7) is 2.65. The van der Waals surface area contributed by atoms with Gasteiger partial charge in [-0.05, 0) is 0 Å². The minimum Gasteiger partial charge on any atom is -0.336 e. The molecule has 1 atom stereocenters. The molecule has 3 N–H and O–H groups in total. The van der Waals surface area contributed by atoms with E-state index in [1.807, 2.05) is 0 Å². The quantitative estimate of drug-likeness (QED) is 0.761. The van der Waals surface area contributed by atoms with Gasteiger partial charge in [-0.15, -0.1) is 11.3 Å². The summed E-state index contributed by atoms with van der Waals surface area (Å²) in [6, 6.07) is 0.0500. The van der Waals surface area contributed by atoms with Crippen molar-refractivity contribution in [3.05, 3.63) is 16.1 Å². The number of piperazine rings is 1. The van der Waals surface area contributed by atoms with Crippen LogP contribution in [0.3, 0.4) is 0 Å². The van der Waals surface area contributed by atoms with Gasteiger partial charge >= 0.3 is 6.03 Å². The van der Waals surface area contributed by atoms with Gasteiger partial charge in [-0.25, -0.2) is 9.78 Å². The van der Waals surface area contributed by atoms with Crippen molar-refractivity contribution in [1.29, 1.82) is 0 Å². The van der Waals surface area contributed by atoms with E-state index in [0.717, 1.165) is 5.01 Å². The molecule has 1 unspecified atom stereocenters. The lowest BCUT2D eigenvalue weighted by Gasteiger charge is -2.36. The van der Waals surface area contributed by atoms with Crippen molar-refractivity contribution < 1.29 is 9.59 Å². The van der Waals surface area contributed by atoms with Gasteiger partial charge in [-0.2, -0.15) is 0 Å². The molecule has 1 aromatic rings. The molecule has 3 heterocycles. The van der Waals surface area contributed by atoms with Crippen LogP contribution < -0.4 is 11.1 Å². The first-order chi connectivity index (χ1) is 9.19. The molecule has 2 fully saturated rings. The molecule has 2 saturated heterocycles. The Labute approximate surface area is 114 Å². The molecule has 0 bridgehead atoms. The molecule has 1 aromatic heterocycles. The van der Waals surface area contributed by atoms with Crippen LogP contribution in [0.4, 0.5) is 4.79 Å². The number of thiazole rings is 1. The fourth-order valence-corrected chi connectivity index (χ4v) is 3.10. The normalized spacial score (nSPS) is 22.4. The van der Waals surface area contributed by atoms with Crippen LogP contribution in [0, 0.1) is 0 Å². The van der Waals surface area contributed by atoms with Crippen molar-refractivity contribution in [3.63, 3.8) is 0 Å². The Morgan fingerprint density at radius 3 is 3.16 bits per heavy atom. The molecule has 2 aliphatic rings. The van der Waals surface area contributed by atoms with Crippen LogP contribution in [0.5, 0.6) is 0 Å². The maximum absolute atomic E-state index is 12.3. The fourth-order valence-electron chi connectivity index (χ4n) is 2.45. The van der Waals surface area contributed by atoms with E-state index in [0.29, 0.717) is 38.4 Å². The van der Waals surface area contributed by atoms with Crippen LogP contribution in [-0.4, -0.2) is 58.9 Å². The average Bonchev–Trinajstić information content (AvgIpc) is 3.05. The number of hydrogen-bond acceptors (Lipinski definition) is 5. The highest BCUT2D eigenvalue weighted by Crippen LogP contribution is 2.17. The summed E-state index contributed by atoms with van der Waals surface area (Å²) < 4.78 is 0. The van der Waals surface area contributed by atoms with E-state index < -0.39 is 0 Å². The van der Waals surface area contributed by atoms with Gasteiger partial charge in [0.1, 0.15) is 10.7 Å². The number of rotatable bonds is 2. The SMILES string of the molecule is NCc1nc(C(=O)N2CCN3C(=O)NCC3C2)cs1. The van der Waals surface area contributed by atoms with Gasteiger partial charge in [-0.3, -0.25) is 4.79 Å². The van der Waals surface area contributed by atoms with E-state index in [2.05, 4.69) is 10.3 Å². The van der Waals surface area contributed by atoms with Crippen LogP contribution in [0.1, 0.15) is 15.5 Å². The minimum atomic E-state index is -0.0741. The number of aromatic nitrogens is 1. The van der Waals surface area contributed by atoms with Gasteiger partial charge in [0.05, 0.1) is 6.04 Å². The predicted octanol–water partition coefficient (Wildman–Crippen LogP) is -0.549. The summed E-state index contributed by atoms with van der Waals surface area (Å²) in [7, 11) is 0. The molecular formula is C11H15N5O2S. The zero-order chi connectivity index (χ0) is 13.4. The van der Waals surface area contributed by atoms with Crippen molar-refractivity contribution in [2.75, 3.05) is 26.2 Å². The third-order valence-electron chi connectivity index (χ3n) is 3.47.